The number of hydrogen-bond donors (Lipinski definition) is 1. The van der Waals surface area contributed by atoms with Gasteiger partial charge in [0.05, 0.1) is 0 Å². The van der Waals surface area contributed by atoms with E-state index in [1.54, 1.807) is 6.07 Å². The van der Waals surface area contributed by atoms with E-state index in [4.69, 9.17) is 0 Å². The third kappa shape index (κ3) is 2.89. The van der Waals surface area contributed by atoms with Crippen molar-refractivity contribution in [3.05, 3.63) is 65.2 Å². The van der Waals surface area contributed by atoms with Gasteiger partial charge in [0.1, 0.15) is 5.01 Å². The van der Waals surface area contributed by atoms with Crippen molar-refractivity contribution in [2.24, 2.45) is 0 Å². The Morgan fingerprint density at radius 2 is 1.64 bits per heavy atom. The molecule has 0 spiro atoms. The largest absolute Gasteiger partial charge is 0.296 e. The fourth-order valence-electron chi connectivity index (χ4n) is 2.19. The molecule has 0 aliphatic carbocycles. The molecule has 3 rings (SSSR count). The molecule has 1 aromatic heterocycles. The van der Waals surface area contributed by atoms with Crippen LogP contribution in [0.3, 0.4) is 0 Å². The normalized spacial score (nSPS) is 10.5. The second kappa shape index (κ2) is 6.07. The molecule has 0 fully saturated rings. The lowest BCUT2D eigenvalue weighted by Crippen LogP contribution is -2.12. The average Bonchev–Trinajstić information content (AvgIpc) is 2.96. The maximum atomic E-state index is 12.3. The Labute approximate surface area is 132 Å². The van der Waals surface area contributed by atoms with Crippen molar-refractivity contribution in [3.63, 3.8) is 0 Å². The van der Waals surface area contributed by atoms with E-state index in [0.717, 1.165) is 21.7 Å². The van der Waals surface area contributed by atoms with Gasteiger partial charge in [-0.2, -0.15) is 0 Å². The van der Waals surface area contributed by atoms with E-state index >= 15 is 0 Å². The molecule has 1 N–H and O–H groups in total. The van der Waals surface area contributed by atoms with E-state index in [9.17, 15) is 4.79 Å². The number of nitrogens with one attached hydrogen (secondary N) is 1. The molecule has 0 aliphatic heterocycles. The van der Waals surface area contributed by atoms with Crippen LogP contribution in [0.4, 0.5) is 5.13 Å². The Bertz CT molecular complexity index is 826. The van der Waals surface area contributed by atoms with Gasteiger partial charge in [0.2, 0.25) is 5.13 Å². The molecule has 2 aromatic carbocycles. The van der Waals surface area contributed by atoms with Gasteiger partial charge in [0.15, 0.2) is 0 Å². The van der Waals surface area contributed by atoms with Gasteiger partial charge in [-0.1, -0.05) is 53.8 Å². The highest BCUT2D eigenvalue weighted by Gasteiger charge is 2.13. The molecule has 0 saturated carbocycles. The van der Waals surface area contributed by atoms with E-state index in [1.807, 2.05) is 56.3 Å². The van der Waals surface area contributed by atoms with Crippen LogP contribution in [0.15, 0.2) is 48.5 Å². The summed E-state index contributed by atoms with van der Waals surface area (Å²) in [6.07, 6.45) is 0. The first kappa shape index (κ1) is 14.4. The van der Waals surface area contributed by atoms with Crippen molar-refractivity contribution in [2.45, 2.75) is 13.8 Å². The fourth-order valence-corrected chi connectivity index (χ4v) is 3.02. The quantitative estimate of drug-likeness (QED) is 0.793. The molecular weight excluding hydrogens is 294 g/mol. The monoisotopic (exact) mass is 309 g/mol. The molecule has 5 heteroatoms. The number of hydrogen-bond acceptors (Lipinski definition) is 4. The Kier molecular flexibility index (Phi) is 3.98. The molecule has 0 radical (unpaired) electrons. The number of anilines is 1. The van der Waals surface area contributed by atoms with E-state index < -0.39 is 0 Å². The first-order chi connectivity index (χ1) is 10.6. The highest BCUT2D eigenvalue weighted by atomic mass is 32.1. The van der Waals surface area contributed by atoms with Crippen LogP contribution < -0.4 is 5.32 Å². The van der Waals surface area contributed by atoms with Gasteiger partial charge in [-0.15, -0.1) is 10.2 Å². The third-order valence-corrected chi connectivity index (χ3v) is 4.28. The van der Waals surface area contributed by atoms with Crippen LogP contribution in [0.1, 0.15) is 21.5 Å². The number of rotatable bonds is 3. The van der Waals surface area contributed by atoms with Crippen molar-refractivity contribution in [1.82, 2.24) is 10.2 Å². The number of aromatic nitrogens is 2. The summed E-state index contributed by atoms with van der Waals surface area (Å²) >= 11 is 1.37. The van der Waals surface area contributed by atoms with Crippen molar-refractivity contribution in [2.75, 3.05) is 5.32 Å². The molecule has 110 valence electrons. The van der Waals surface area contributed by atoms with Crippen molar-refractivity contribution >= 4 is 22.4 Å². The van der Waals surface area contributed by atoms with Crippen molar-refractivity contribution < 1.29 is 4.79 Å². The number of amides is 1. The SMILES string of the molecule is Cc1ccccc1C(=O)Nc1nnc(-c2ccccc2C)s1. The maximum Gasteiger partial charge on any atom is 0.257 e. The Morgan fingerprint density at radius 3 is 2.36 bits per heavy atom. The molecule has 1 heterocycles. The van der Waals surface area contributed by atoms with E-state index in [2.05, 4.69) is 15.5 Å². The standard InChI is InChI=1S/C17H15N3OS/c1-11-7-3-5-9-13(11)15(21)18-17-20-19-16(22-17)14-10-6-4-8-12(14)2/h3-10H,1-2H3,(H,18,20,21). The van der Waals surface area contributed by atoms with Crippen LogP contribution in [0.25, 0.3) is 10.6 Å². The van der Waals surface area contributed by atoms with E-state index in [-0.39, 0.29) is 5.91 Å². The zero-order valence-electron chi connectivity index (χ0n) is 12.3. The molecule has 0 aliphatic rings. The second-order valence-corrected chi connectivity index (χ2v) is 5.97. The van der Waals surface area contributed by atoms with Crippen molar-refractivity contribution in [1.29, 1.82) is 0 Å². The number of benzene rings is 2. The van der Waals surface area contributed by atoms with Gasteiger partial charge in [-0.25, -0.2) is 0 Å². The van der Waals surface area contributed by atoms with Crippen LogP contribution in [0.2, 0.25) is 0 Å². The van der Waals surface area contributed by atoms with Gasteiger partial charge >= 0.3 is 0 Å². The fraction of sp³-hybridized carbons (Fsp3) is 0.118. The van der Waals surface area contributed by atoms with Gasteiger partial charge < -0.3 is 0 Å². The van der Waals surface area contributed by atoms with Gasteiger partial charge in [0.25, 0.3) is 5.91 Å². The minimum atomic E-state index is -0.161. The summed E-state index contributed by atoms with van der Waals surface area (Å²) in [6, 6.07) is 15.5. The van der Waals surface area contributed by atoms with Crippen LogP contribution in [-0.4, -0.2) is 16.1 Å². The zero-order chi connectivity index (χ0) is 15.5. The van der Waals surface area contributed by atoms with Crippen LogP contribution in [0.5, 0.6) is 0 Å². The topological polar surface area (TPSA) is 54.9 Å². The molecule has 3 aromatic rings. The summed E-state index contributed by atoms with van der Waals surface area (Å²) in [7, 11) is 0. The molecule has 0 atom stereocenters. The van der Waals surface area contributed by atoms with Gasteiger partial charge in [-0.3, -0.25) is 10.1 Å². The van der Waals surface area contributed by atoms with Crippen LogP contribution in [-0.2, 0) is 0 Å². The van der Waals surface area contributed by atoms with Gasteiger partial charge in [0, 0.05) is 11.1 Å². The van der Waals surface area contributed by atoms with Crippen molar-refractivity contribution in [3.8, 4) is 10.6 Å². The number of aryl methyl sites for hydroxylation is 2. The predicted molar refractivity (Wildman–Crippen MR) is 89.2 cm³/mol. The minimum Gasteiger partial charge on any atom is -0.296 e. The average molecular weight is 309 g/mol. The van der Waals surface area contributed by atoms with E-state index in [1.165, 1.54) is 11.3 Å². The zero-order valence-corrected chi connectivity index (χ0v) is 13.1. The minimum absolute atomic E-state index is 0.161. The molecule has 4 nitrogen and oxygen atoms in total. The number of carbonyl (C=O) groups excluding carboxylic acids is 1. The van der Waals surface area contributed by atoms with E-state index in [0.29, 0.717) is 10.7 Å². The number of nitrogens with zero attached hydrogens (tertiary/aromatic N) is 2. The summed E-state index contributed by atoms with van der Waals surface area (Å²) in [4.78, 5) is 12.3. The highest BCUT2D eigenvalue weighted by Crippen LogP contribution is 2.28. The maximum absolute atomic E-state index is 12.3. The molecule has 0 unspecified atom stereocenters. The lowest BCUT2D eigenvalue weighted by Gasteiger charge is -2.04. The Hall–Kier alpha value is -2.53. The smallest absolute Gasteiger partial charge is 0.257 e. The molecule has 22 heavy (non-hydrogen) atoms. The second-order valence-electron chi connectivity index (χ2n) is 5.00. The Balaban J connectivity index is 1.82. The first-order valence-electron chi connectivity index (χ1n) is 6.91. The highest BCUT2D eigenvalue weighted by molar-refractivity contribution is 7.18. The molecule has 0 saturated heterocycles. The van der Waals surface area contributed by atoms with Crippen LogP contribution >= 0.6 is 11.3 Å². The molecule has 0 bridgehead atoms. The lowest BCUT2D eigenvalue weighted by molar-refractivity contribution is 0.102. The summed E-state index contributed by atoms with van der Waals surface area (Å²) < 4.78 is 0. The summed E-state index contributed by atoms with van der Waals surface area (Å²) in [5.74, 6) is -0.161. The first-order valence-corrected chi connectivity index (χ1v) is 7.73. The molecular formula is C17H15N3OS. The summed E-state index contributed by atoms with van der Waals surface area (Å²) in [5, 5.41) is 12.4. The number of carbonyl (C=O) groups is 1. The third-order valence-electron chi connectivity index (χ3n) is 3.41. The lowest BCUT2D eigenvalue weighted by atomic mass is 10.1. The molecule has 1 amide bonds. The summed E-state index contributed by atoms with van der Waals surface area (Å²) in [6.45, 7) is 3.94. The summed E-state index contributed by atoms with van der Waals surface area (Å²) in [5.41, 5.74) is 3.76. The Morgan fingerprint density at radius 1 is 0.955 bits per heavy atom. The predicted octanol–water partition coefficient (Wildman–Crippen LogP) is 4.07. The van der Waals surface area contributed by atoms with Crippen LogP contribution in [0, 0.1) is 13.8 Å². The van der Waals surface area contributed by atoms with Gasteiger partial charge in [-0.05, 0) is 31.0 Å².